The van der Waals surface area contributed by atoms with E-state index in [1.54, 1.807) is 0 Å². The van der Waals surface area contributed by atoms with Crippen LogP contribution in [0.1, 0.15) is 97.8 Å². The van der Waals surface area contributed by atoms with Gasteiger partial charge in [0.15, 0.2) is 0 Å². The molecule has 0 radical (unpaired) electrons. The van der Waals surface area contributed by atoms with Gasteiger partial charge in [-0.25, -0.2) is 0 Å². The van der Waals surface area contributed by atoms with Gasteiger partial charge in [-0.15, -0.1) is 11.8 Å². The van der Waals surface area contributed by atoms with Gasteiger partial charge in [0.25, 0.3) is 0 Å². The monoisotopic (exact) mass is 279 g/mol. The first-order valence-electron chi connectivity index (χ1n) is 8.98. The minimum atomic E-state index is 0.618. The van der Waals surface area contributed by atoms with Gasteiger partial charge in [-0.1, -0.05) is 71.6 Å². The van der Waals surface area contributed by atoms with Crippen molar-refractivity contribution in [3.8, 4) is 11.8 Å². The molecule has 20 heavy (non-hydrogen) atoms. The lowest BCUT2D eigenvalue weighted by Crippen LogP contribution is -2.29. The minimum Gasteiger partial charge on any atom is -0.313 e. The van der Waals surface area contributed by atoms with Crippen molar-refractivity contribution in [2.24, 2.45) is 0 Å². The fourth-order valence-corrected chi connectivity index (χ4v) is 2.55. The fourth-order valence-electron chi connectivity index (χ4n) is 2.55. The molecular weight excluding hydrogens is 242 g/mol. The molecular formula is C19H37N. The molecule has 0 saturated carbocycles. The summed E-state index contributed by atoms with van der Waals surface area (Å²) in [4.78, 5) is 0. The molecule has 0 rings (SSSR count). The van der Waals surface area contributed by atoms with E-state index in [9.17, 15) is 0 Å². The standard InChI is InChI=1S/C19H37N/c1-4-7-9-10-11-12-13-14-15-17-19(16-8-5-2)20-18-6-3/h19-20H,4,6-7,9-18H2,1-3H3. The lowest BCUT2D eigenvalue weighted by Gasteiger charge is -2.15. The molecule has 0 aliphatic rings. The Labute approximate surface area is 128 Å². The predicted octanol–water partition coefficient (Wildman–Crippen LogP) is 5.69. The van der Waals surface area contributed by atoms with Gasteiger partial charge in [-0.3, -0.25) is 0 Å². The number of hydrogen-bond acceptors (Lipinski definition) is 1. The third-order valence-electron chi connectivity index (χ3n) is 3.86. The molecule has 1 unspecified atom stereocenters. The fraction of sp³-hybridized carbons (Fsp3) is 0.895. The Morgan fingerprint density at radius 1 is 0.800 bits per heavy atom. The molecule has 0 aliphatic carbocycles. The number of hydrogen-bond donors (Lipinski definition) is 1. The van der Waals surface area contributed by atoms with Gasteiger partial charge in [-0.05, 0) is 26.3 Å². The maximum absolute atomic E-state index is 3.63. The SMILES string of the molecule is CC#CCC(CCCCCCCCCCC)NCCC. The molecule has 0 heterocycles. The second-order valence-corrected chi connectivity index (χ2v) is 5.90. The first-order chi connectivity index (χ1) is 9.85. The van der Waals surface area contributed by atoms with E-state index < -0.39 is 0 Å². The van der Waals surface area contributed by atoms with Gasteiger partial charge in [0.05, 0.1) is 0 Å². The maximum atomic E-state index is 3.63. The second kappa shape index (κ2) is 16.6. The molecule has 1 nitrogen and oxygen atoms in total. The highest BCUT2D eigenvalue weighted by molar-refractivity contribution is 4.98. The maximum Gasteiger partial charge on any atom is 0.0243 e. The van der Waals surface area contributed by atoms with Gasteiger partial charge in [0.2, 0.25) is 0 Å². The molecule has 0 aromatic heterocycles. The average Bonchev–Trinajstić information content (AvgIpc) is 2.47. The minimum absolute atomic E-state index is 0.618. The predicted molar refractivity (Wildman–Crippen MR) is 92.0 cm³/mol. The average molecular weight is 280 g/mol. The highest BCUT2D eigenvalue weighted by Crippen LogP contribution is 2.12. The normalized spacial score (nSPS) is 11.9. The Morgan fingerprint density at radius 3 is 1.95 bits per heavy atom. The summed E-state index contributed by atoms with van der Waals surface area (Å²) in [7, 11) is 0. The third-order valence-corrected chi connectivity index (χ3v) is 3.86. The molecule has 1 atom stereocenters. The second-order valence-electron chi connectivity index (χ2n) is 5.90. The Balaban J connectivity index is 3.44. The zero-order valence-electron chi connectivity index (χ0n) is 14.3. The molecule has 0 spiro atoms. The molecule has 0 aromatic carbocycles. The molecule has 118 valence electrons. The molecule has 0 aliphatic heterocycles. The highest BCUT2D eigenvalue weighted by Gasteiger charge is 2.05. The van der Waals surface area contributed by atoms with Crippen molar-refractivity contribution < 1.29 is 0 Å². The first-order valence-corrected chi connectivity index (χ1v) is 8.98. The molecule has 0 saturated heterocycles. The lowest BCUT2D eigenvalue weighted by atomic mass is 10.0. The van der Waals surface area contributed by atoms with Crippen molar-refractivity contribution in [1.82, 2.24) is 5.32 Å². The number of unbranched alkanes of at least 4 members (excludes halogenated alkanes) is 8. The Kier molecular flexibility index (Phi) is 16.2. The van der Waals surface area contributed by atoms with Crippen molar-refractivity contribution in [3.05, 3.63) is 0 Å². The summed E-state index contributed by atoms with van der Waals surface area (Å²) >= 11 is 0. The van der Waals surface area contributed by atoms with Crippen LogP contribution in [0.25, 0.3) is 0 Å². The molecule has 0 aromatic rings. The van der Waals surface area contributed by atoms with Crippen LogP contribution in [-0.4, -0.2) is 12.6 Å². The zero-order valence-corrected chi connectivity index (χ0v) is 14.3. The Hall–Kier alpha value is -0.480. The Morgan fingerprint density at radius 2 is 1.40 bits per heavy atom. The van der Waals surface area contributed by atoms with Crippen LogP contribution in [0, 0.1) is 11.8 Å². The first kappa shape index (κ1) is 19.5. The van der Waals surface area contributed by atoms with Crippen LogP contribution in [0.4, 0.5) is 0 Å². The van der Waals surface area contributed by atoms with Crippen molar-refractivity contribution in [2.45, 2.75) is 104 Å². The van der Waals surface area contributed by atoms with Gasteiger partial charge in [0.1, 0.15) is 0 Å². The highest BCUT2D eigenvalue weighted by atomic mass is 14.9. The summed E-state index contributed by atoms with van der Waals surface area (Å²) in [5, 5.41) is 3.63. The molecule has 0 fully saturated rings. The largest absolute Gasteiger partial charge is 0.313 e. The quantitative estimate of drug-likeness (QED) is 0.318. The summed E-state index contributed by atoms with van der Waals surface area (Å²) in [5.74, 6) is 6.25. The summed E-state index contributed by atoms with van der Waals surface area (Å²) in [6, 6.07) is 0.618. The van der Waals surface area contributed by atoms with Gasteiger partial charge in [0, 0.05) is 12.5 Å². The number of nitrogens with one attached hydrogen (secondary N) is 1. The van der Waals surface area contributed by atoms with Crippen molar-refractivity contribution in [1.29, 1.82) is 0 Å². The van der Waals surface area contributed by atoms with Crippen molar-refractivity contribution in [2.75, 3.05) is 6.54 Å². The van der Waals surface area contributed by atoms with E-state index in [1.807, 2.05) is 6.92 Å². The summed E-state index contributed by atoms with van der Waals surface area (Å²) in [5.41, 5.74) is 0. The van der Waals surface area contributed by atoms with Crippen molar-refractivity contribution >= 4 is 0 Å². The van der Waals surface area contributed by atoms with Crippen LogP contribution in [0.2, 0.25) is 0 Å². The van der Waals surface area contributed by atoms with Crippen LogP contribution >= 0.6 is 0 Å². The van der Waals surface area contributed by atoms with Crippen molar-refractivity contribution in [3.63, 3.8) is 0 Å². The van der Waals surface area contributed by atoms with E-state index in [-0.39, 0.29) is 0 Å². The van der Waals surface area contributed by atoms with E-state index in [4.69, 9.17) is 0 Å². The third kappa shape index (κ3) is 13.9. The zero-order chi connectivity index (χ0) is 14.9. The van der Waals surface area contributed by atoms with Crippen LogP contribution in [0.5, 0.6) is 0 Å². The Bertz CT molecular complexity index is 236. The lowest BCUT2D eigenvalue weighted by molar-refractivity contribution is 0.457. The molecule has 1 N–H and O–H groups in total. The molecule has 0 bridgehead atoms. The molecule has 1 heteroatoms. The van der Waals surface area contributed by atoms with Gasteiger partial charge in [-0.2, -0.15) is 0 Å². The van der Waals surface area contributed by atoms with E-state index >= 15 is 0 Å². The summed E-state index contributed by atoms with van der Waals surface area (Å²) in [6.45, 7) is 7.59. The molecule has 0 amide bonds. The van der Waals surface area contributed by atoms with Crippen LogP contribution in [0.15, 0.2) is 0 Å². The number of rotatable bonds is 14. The van der Waals surface area contributed by atoms with Gasteiger partial charge >= 0.3 is 0 Å². The van der Waals surface area contributed by atoms with E-state index in [0.717, 1.165) is 13.0 Å². The van der Waals surface area contributed by atoms with Gasteiger partial charge < -0.3 is 5.32 Å². The smallest absolute Gasteiger partial charge is 0.0243 e. The van der Waals surface area contributed by atoms with E-state index in [0.29, 0.717) is 6.04 Å². The van der Waals surface area contributed by atoms with E-state index in [1.165, 1.54) is 70.6 Å². The van der Waals surface area contributed by atoms with Crippen LogP contribution < -0.4 is 5.32 Å². The topological polar surface area (TPSA) is 12.0 Å². The van der Waals surface area contributed by atoms with Crippen LogP contribution in [-0.2, 0) is 0 Å². The van der Waals surface area contributed by atoms with E-state index in [2.05, 4.69) is 31.0 Å². The summed E-state index contributed by atoms with van der Waals surface area (Å²) < 4.78 is 0. The van der Waals surface area contributed by atoms with Crippen LogP contribution in [0.3, 0.4) is 0 Å². The summed E-state index contributed by atoms with van der Waals surface area (Å²) in [6.07, 6.45) is 16.3.